The van der Waals surface area contributed by atoms with Crippen LogP contribution in [0.3, 0.4) is 0 Å². The van der Waals surface area contributed by atoms with Crippen LogP contribution < -0.4 is 14.2 Å². The standard InChI is InChI=1S/C16H14Cl2F2O4/c17-13-7-10(21)8-14(18)15(13)23-6-2-5-22-11-3-1-4-12(9-11)24-16(19)20/h1,3-4,7-9,16,21H,2,5-6H2. The van der Waals surface area contributed by atoms with Gasteiger partial charge in [0.15, 0.2) is 5.75 Å². The van der Waals surface area contributed by atoms with Crippen LogP contribution in [0.5, 0.6) is 23.0 Å². The number of benzene rings is 2. The van der Waals surface area contributed by atoms with Gasteiger partial charge in [0.05, 0.1) is 23.3 Å². The number of ether oxygens (including phenoxy) is 3. The first-order chi connectivity index (χ1) is 11.5. The molecule has 0 amide bonds. The van der Waals surface area contributed by atoms with Crippen molar-refractivity contribution in [3.63, 3.8) is 0 Å². The maximum absolute atomic E-state index is 12.1. The lowest BCUT2D eigenvalue weighted by Gasteiger charge is -2.11. The SMILES string of the molecule is Oc1cc(Cl)c(OCCCOc2cccc(OC(F)F)c2)c(Cl)c1. The summed E-state index contributed by atoms with van der Waals surface area (Å²) in [4.78, 5) is 0. The van der Waals surface area contributed by atoms with E-state index in [1.165, 1.54) is 24.3 Å². The Hall–Kier alpha value is -1.92. The molecular formula is C16H14Cl2F2O4. The van der Waals surface area contributed by atoms with Crippen LogP contribution in [0.25, 0.3) is 0 Å². The monoisotopic (exact) mass is 378 g/mol. The molecule has 130 valence electrons. The summed E-state index contributed by atoms with van der Waals surface area (Å²) in [5.74, 6) is 0.672. The van der Waals surface area contributed by atoms with Gasteiger partial charge in [0.25, 0.3) is 0 Å². The first kappa shape index (κ1) is 18.4. The van der Waals surface area contributed by atoms with Crippen LogP contribution >= 0.6 is 23.2 Å². The zero-order valence-corrected chi connectivity index (χ0v) is 13.9. The van der Waals surface area contributed by atoms with Crippen molar-refractivity contribution in [2.45, 2.75) is 13.0 Å². The first-order valence-electron chi connectivity index (χ1n) is 6.94. The van der Waals surface area contributed by atoms with E-state index in [2.05, 4.69) is 4.74 Å². The predicted molar refractivity (Wildman–Crippen MR) is 86.8 cm³/mol. The number of hydrogen-bond acceptors (Lipinski definition) is 4. The molecule has 2 aromatic rings. The van der Waals surface area contributed by atoms with Gasteiger partial charge in [-0.2, -0.15) is 8.78 Å². The van der Waals surface area contributed by atoms with E-state index in [9.17, 15) is 13.9 Å². The molecule has 1 N–H and O–H groups in total. The van der Waals surface area contributed by atoms with Crippen LogP contribution in [-0.4, -0.2) is 24.9 Å². The zero-order chi connectivity index (χ0) is 17.5. The number of phenols is 1. The number of phenolic OH excluding ortho intramolecular Hbond substituents is 1. The minimum Gasteiger partial charge on any atom is -0.508 e. The summed E-state index contributed by atoms with van der Waals surface area (Å²) in [5, 5.41) is 9.74. The molecule has 0 atom stereocenters. The third-order valence-corrected chi connectivity index (χ3v) is 3.38. The van der Waals surface area contributed by atoms with E-state index < -0.39 is 6.61 Å². The number of alkyl halides is 2. The molecule has 24 heavy (non-hydrogen) atoms. The lowest BCUT2D eigenvalue weighted by molar-refractivity contribution is -0.0499. The van der Waals surface area contributed by atoms with Gasteiger partial charge in [-0.05, 0) is 12.1 Å². The quantitative estimate of drug-likeness (QED) is 0.645. The van der Waals surface area contributed by atoms with Crippen LogP contribution in [0.1, 0.15) is 6.42 Å². The Balaban J connectivity index is 1.78. The van der Waals surface area contributed by atoms with Crippen molar-refractivity contribution in [3.05, 3.63) is 46.4 Å². The average molecular weight is 379 g/mol. The molecule has 0 aliphatic carbocycles. The van der Waals surface area contributed by atoms with Gasteiger partial charge in [0, 0.05) is 24.6 Å². The van der Waals surface area contributed by atoms with Crippen LogP contribution in [-0.2, 0) is 0 Å². The molecule has 0 aliphatic rings. The van der Waals surface area contributed by atoms with E-state index >= 15 is 0 Å². The van der Waals surface area contributed by atoms with E-state index in [-0.39, 0.29) is 33.9 Å². The summed E-state index contributed by atoms with van der Waals surface area (Å²) in [7, 11) is 0. The molecule has 0 aliphatic heterocycles. The smallest absolute Gasteiger partial charge is 0.387 e. The first-order valence-corrected chi connectivity index (χ1v) is 7.70. The van der Waals surface area contributed by atoms with Gasteiger partial charge < -0.3 is 19.3 Å². The molecule has 0 aromatic heterocycles. The fourth-order valence-electron chi connectivity index (χ4n) is 1.85. The predicted octanol–water partition coefficient (Wildman–Crippen LogP) is 5.15. The molecule has 0 fully saturated rings. The lowest BCUT2D eigenvalue weighted by atomic mass is 10.3. The Morgan fingerprint density at radius 3 is 2.25 bits per heavy atom. The minimum atomic E-state index is -2.88. The Kier molecular flexibility index (Phi) is 6.75. The number of rotatable bonds is 8. The number of aromatic hydroxyl groups is 1. The van der Waals surface area contributed by atoms with Crippen LogP contribution in [0.15, 0.2) is 36.4 Å². The third-order valence-electron chi connectivity index (χ3n) is 2.82. The zero-order valence-electron chi connectivity index (χ0n) is 12.3. The Morgan fingerprint density at radius 1 is 0.958 bits per heavy atom. The van der Waals surface area contributed by atoms with Gasteiger partial charge >= 0.3 is 6.61 Å². The molecule has 0 heterocycles. The summed E-state index contributed by atoms with van der Waals surface area (Å²) >= 11 is 11.9. The van der Waals surface area contributed by atoms with Gasteiger partial charge in [0.1, 0.15) is 17.2 Å². The fourth-order valence-corrected chi connectivity index (χ4v) is 2.43. The van der Waals surface area contributed by atoms with Crippen molar-refractivity contribution in [3.8, 4) is 23.0 Å². The van der Waals surface area contributed by atoms with Crippen molar-refractivity contribution in [2.24, 2.45) is 0 Å². The topological polar surface area (TPSA) is 47.9 Å². The Morgan fingerprint density at radius 2 is 1.58 bits per heavy atom. The highest BCUT2D eigenvalue weighted by Crippen LogP contribution is 2.36. The van der Waals surface area contributed by atoms with E-state index in [1.807, 2.05) is 0 Å². The largest absolute Gasteiger partial charge is 0.508 e. The molecule has 4 nitrogen and oxygen atoms in total. The molecular weight excluding hydrogens is 365 g/mol. The molecule has 0 bridgehead atoms. The average Bonchev–Trinajstić information content (AvgIpc) is 2.48. The Bertz CT molecular complexity index is 660. The summed E-state index contributed by atoms with van der Waals surface area (Å²) < 4.78 is 39.5. The van der Waals surface area contributed by atoms with Crippen molar-refractivity contribution in [1.82, 2.24) is 0 Å². The molecule has 8 heteroatoms. The highest BCUT2D eigenvalue weighted by molar-refractivity contribution is 6.37. The van der Waals surface area contributed by atoms with Crippen molar-refractivity contribution < 1.29 is 28.1 Å². The van der Waals surface area contributed by atoms with E-state index in [0.29, 0.717) is 18.8 Å². The minimum absolute atomic E-state index is 0.0291. The van der Waals surface area contributed by atoms with Crippen LogP contribution in [0, 0.1) is 0 Å². The summed E-state index contributed by atoms with van der Waals surface area (Å²) in [6.07, 6.45) is 0.507. The summed E-state index contributed by atoms with van der Waals surface area (Å²) in [6.45, 7) is -2.31. The normalized spacial score (nSPS) is 10.7. The maximum Gasteiger partial charge on any atom is 0.387 e. The molecule has 0 saturated carbocycles. The van der Waals surface area contributed by atoms with Crippen molar-refractivity contribution >= 4 is 23.2 Å². The molecule has 0 unspecified atom stereocenters. The molecule has 2 rings (SSSR count). The fraction of sp³-hybridized carbons (Fsp3) is 0.250. The second-order valence-corrected chi connectivity index (χ2v) is 5.46. The van der Waals surface area contributed by atoms with Gasteiger partial charge in [-0.25, -0.2) is 0 Å². The maximum atomic E-state index is 12.1. The highest BCUT2D eigenvalue weighted by atomic mass is 35.5. The highest BCUT2D eigenvalue weighted by Gasteiger charge is 2.09. The van der Waals surface area contributed by atoms with E-state index in [1.54, 1.807) is 12.1 Å². The van der Waals surface area contributed by atoms with Gasteiger partial charge in [-0.1, -0.05) is 29.3 Å². The van der Waals surface area contributed by atoms with Crippen LogP contribution in [0.2, 0.25) is 10.0 Å². The van der Waals surface area contributed by atoms with Gasteiger partial charge in [-0.3, -0.25) is 0 Å². The van der Waals surface area contributed by atoms with Gasteiger partial charge in [0.2, 0.25) is 0 Å². The van der Waals surface area contributed by atoms with Crippen molar-refractivity contribution in [1.29, 1.82) is 0 Å². The van der Waals surface area contributed by atoms with Gasteiger partial charge in [-0.15, -0.1) is 0 Å². The Labute approximate surface area is 147 Å². The number of hydrogen-bond donors (Lipinski definition) is 1. The second kappa shape index (κ2) is 8.80. The molecule has 2 aromatic carbocycles. The van der Waals surface area contributed by atoms with Crippen LogP contribution in [0.4, 0.5) is 8.78 Å². The molecule has 0 saturated heterocycles. The summed E-state index contributed by atoms with van der Waals surface area (Å²) in [6, 6.07) is 8.63. The molecule has 0 spiro atoms. The molecule has 0 radical (unpaired) electrons. The second-order valence-electron chi connectivity index (χ2n) is 4.64. The van der Waals surface area contributed by atoms with Crippen molar-refractivity contribution in [2.75, 3.05) is 13.2 Å². The van der Waals surface area contributed by atoms with E-state index in [4.69, 9.17) is 32.7 Å². The van der Waals surface area contributed by atoms with E-state index in [0.717, 1.165) is 0 Å². The summed E-state index contributed by atoms with van der Waals surface area (Å²) in [5.41, 5.74) is 0. The lowest BCUT2D eigenvalue weighted by Crippen LogP contribution is -2.06. The number of halogens is 4. The third kappa shape index (κ3) is 5.62.